The quantitative estimate of drug-likeness (QED) is 0.849. The van der Waals surface area contributed by atoms with E-state index in [0.717, 1.165) is 22.8 Å². The zero-order chi connectivity index (χ0) is 15.2. The molecule has 5 heteroatoms. The summed E-state index contributed by atoms with van der Waals surface area (Å²) in [5.74, 6) is -0.884. The Morgan fingerprint density at radius 2 is 1.81 bits per heavy atom. The first-order valence-corrected chi connectivity index (χ1v) is 6.86. The van der Waals surface area contributed by atoms with Gasteiger partial charge in [0.15, 0.2) is 0 Å². The molecule has 5 nitrogen and oxygen atoms in total. The number of pyridine rings is 2. The number of rotatable bonds is 6. The average Bonchev–Trinajstić information content (AvgIpc) is 2.43. The van der Waals surface area contributed by atoms with Gasteiger partial charge in [-0.1, -0.05) is 12.1 Å². The molecule has 0 radical (unpaired) electrons. The fraction of sp³-hybridized carbons (Fsp3) is 0.312. The van der Waals surface area contributed by atoms with Crippen LogP contribution in [0.1, 0.15) is 28.8 Å². The largest absolute Gasteiger partial charge is 0.480 e. The molecular weight excluding hydrogens is 266 g/mol. The Morgan fingerprint density at radius 1 is 1.14 bits per heavy atom. The van der Waals surface area contributed by atoms with Crippen molar-refractivity contribution in [2.24, 2.45) is 0 Å². The van der Waals surface area contributed by atoms with Crippen molar-refractivity contribution in [3.63, 3.8) is 0 Å². The molecule has 21 heavy (non-hydrogen) atoms. The lowest BCUT2D eigenvalue weighted by molar-refractivity contribution is -0.136. The lowest BCUT2D eigenvalue weighted by Gasteiger charge is -2.17. The predicted octanol–water partition coefficient (Wildman–Crippen LogP) is 2.05. The molecule has 110 valence electrons. The molecule has 0 bridgehead atoms. The van der Waals surface area contributed by atoms with Crippen molar-refractivity contribution in [3.05, 3.63) is 59.2 Å². The highest BCUT2D eigenvalue weighted by molar-refractivity contribution is 5.69. The van der Waals surface area contributed by atoms with Crippen molar-refractivity contribution < 1.29 is 9.90 Å². The van der Waals surface area contributed by atoms with Crippen LogP contribution >= 0.6 is 0 Å². The number of nitrogens with zero attached hydrogens (tertiary/aromatic N) is 2. The Hall–Kier alpha value is -2.27. The maximum absolute atomic E-state index is 10.8. The maximum atomic E-state index is 10.8. The Bertz CT molecular complexity index is 628. The molecule has 0 amide bonds. The molecule has 0 aliphatic heterocycles. The molecule has 1 unspecified atom stereocenters. The summed E-state index contributed by atoms with van der Waals surface area (Å²) in [7, 11) is 0. The number of aliphatic carboxylic acids is 1. The third-order valence-corrected chi connectivity index (χ3v) is 3.13. The summed E-state index contributed by atoms with van der Waals surface area (Å²) >= 11 is 0. The summed E-state index contributed by atoms with van der Waals surface area (Å²) in [6, 6.07) is 11.4. The molecule has 2 aromatic heterocycles. The van der Waals surface area contributed by atoms with Crippen LogP contribution in [0.3, 0.4) is 0 Å². The SMILES string of the molecule is Cc1cccc(CC(NCC(=O)O)c2cccc(C)n2)n1. The van der Waals surface area contributed by atoms with E-state index < -0.39 is 5.97 Å². The monoisotopic (exact) mass is 285 g/mol. The number of aryl methyl sites for hydroxylation is 2. The third kappa shape index (κ3) is 4.65. The van der Waals surface area contributed by atoms with Crippen LogP contribution in [0.2, 0.25) is 0 Å². The minimum atomic E-state index is -0.884. The van der Waals surface area contributed by atoms with Gasteiger partial charge >= 0.3 is 5.97 Å². The lowest BCUT2D eigenvalue weighted by Crippen LogP contribution is -2.29. The number of carboxylic acid groups (broad SMARTS) is 1. The van der Waals surface area contributed by atoms with E-state index in [0.29, 0.717) is 6.42 Å². The van der Waals surface area contributed by atoms with Gasteiger partial charge in [-0.15, -0.1) is 0 Å². The minimum Gasteiger partial charge on any atom is -0.480 e. The molecule has 0 fully saturated rings. The van der Waals surface area contributed by atoms with E-state index in [2.05, 4.69) is 15.3 Å². The van der Waals surface area contributed by atoms with Gasteiger partial charge in [0.1, 0.15) is 0 Å². The topological polar surface area (TPSA) is 75.1 Å². The van der Waals surface area contributed by atoms with E-state index >= 15 is 0 Å². The number of hydrogen-bond donors (Lipinski definition) is 2. The Morgan fingerprint density at radius 3 is 2.43 bits per heavy atom. The van der Waals surface area contributed by atoms with Crippen molar-refractivity contribution in [3.8, 4) is 0 Å². The van der Waals surface area contributed by atoms with Gasteiger partial charge in [0.05, 0.1) is 18.3 Å². The van der Waals surface area contributed by atoms with Crippen LogP contribution in [-0.4, -0.2) is 27.6 Å². The molecule has 0 aromatic carbocycles. The van der Waals surface area contributed by atoms with Gasteiger partial charge in [-0.3, -0.25) is 20.1 Å². The van der Waals surface area contributed by atoms with Gasteiger partial charge in [0.25, 0.3) is 0 Å². The van der Waals surface area contributed by atoms with Gasteiger partial charge < -0.3 is 5.11 Å². The van der Waals surface area contributed by atoms with Crippen molar-refractivity contribution in [2.75, 3.05) is 6.54 Å². The molecule has 0 saturated heterocycles. The highest BCUT2D eigenvalue weighted by Gasteiger charge is 2.15. The first-order chi connectivity index (χ1) is 10.0. The van der Waals surface area contributed by atoms with Gasteiger partial charge in [0, 0.05) is 23.5 Å². The number of carboxylic acids is 1. The summed E-state index contributed by atoms with van der Waals surface area (Å²) in [5.41, 5.74) is 3.61. The molecule has 2 heterocycles. The number of nitrogens with one attached hydrogen (secondary N) is 1. The second-order valence-electron chi connectivity index (χ2n) is 5.01. The maximum Gasteiger partial charge on any atom is 0.317 e. The highest BCUT2D eigenvalue weighted by Crippen LogP contribution is 2.16. The summed E-state index contributed by atoms with van der Waals surface area (Å²) in [5, 5.41) is 11.9. The Balaban J connectivity index is 2.21. The Kier molecular flexibility index (Phi) is 5.00. The van der Waals surface area contributed by atoms with E-state index in [4.69, 9.17) is 5.11 Å². The number of aromatic nitrogens is 2. The number of hydrogen-bond acceptors (Lipinski definition) is 4. The van der Waals surface area contributed by atoms with Crippen LogP contribution < -0.4 is 5.32 Å². The molecule has 2 rings (SSSR count). The summed E-state index contributed by atoms with van der Waals surface area (Å²) in [4.78, 5) is 19.8. The lowest BCUT2D eigenvalue weighted by atomic mass is 10.1. The van der Waals surface area contributed by atoms with Crippen LogP contribution in [-0.2, 0) is 11.2 Å². The third-order valence-electron chi connectivity index (χ3n) is 3.13. The highest BCUT2D eigenvalue weighted by atomic mass is 16.4. The van der Waals surface area contributed by atoms with Crippen LogP contribution in [0.15, 0.2) is 36.4 Å². The van der Waals surface area contributed by atoms with Crippen LogP contribution in [0.4, 0.5) is 0 Å². The molecule has 0 spiro atoms. The van der Waals surface area contributed by atoms with E-state index in [1.807, 2.05) is 50.2 Å². The Labute approximate surface area is 124 Å². The van der Waals surface area contributed by atoms with E-state index in [1.54, 1.807) is 0 Å². The first kappa shape index (κ1) is 15.1. The molecule has 1 atom stereocenters. The molecule has 2 aromatic rings. The molecule has 2 N–H and O–H groups in total. The molecule has 0 saturated carbocycles. The van der Waals surface area contributed by atoms with Crippen molar-refractivity contribution >= 4 is 5.97 Å². The second kappa shape index (κ2) is 6.95. The number of carbonyl (C=O) groups is 1. The van der Waals surface area contributed by atoms with E-state index in [-0.39, 0.29) is 12.6 Å². The van der Waals surface area contributed by atoms with Crippen molar-refractivity contribution in [2.45, 2.75) is 26.3 Å². The van der Waals surface area contributed by atoms with Crippen LogP contribution in [0, 0.1) is 13.8 Å². The van der Waals surface area contributed by atoms with Gasteiger partial charge in [-0.25, -0.2) is 0 Å². The zero-order valence-electron chi connectivity index (χ0n) is 12.2. The van der Waals surface area contributed by atoms with Crippen LogP contribution in [0.25, 0.3) is 0 Å². The van der Waals surface area contributed by atoms with Gasteiger partial charge in [-0.2, -0.15) is 0 Å². The summed E-state index contributed by atoms with van der Waals surface area (Å²) < 4.78 is 0. The summed E-state index contributed by atoms with van der Waals surface area (Å²) in [6.07, 6.45) is 0.603. The summed E-state index contributed by atoms with van der Waals surface area (Å²) in [6.45, 7) is 3.75. The molecule has 0 aliphatic rings. The second-order valence-corrected chi connectivity index (χ2v) is 5.01. The van der Waals surface area contributed by atoms with Crippen molar-refractivity contribution in [1.82, 2.24) is 15.3 Å². The fourth-order valence-electron chi connectivity index (χ4n) is 2.17. The molecular formula is C16H19N3O2. The van der Waals surface area contributed by atoms with Gasteiger partial charge in [-0.05, 0) is 38.1 Å². The normalized spacial score (nSPS) is 12.1. The van der Waals surface area contributed by atoms with E-state index in [9.17, 15) is 4.79 Å². The average molecular weight is 285 g/mol. The predicted molar refractivity (Wildman–Crippen MR) is 80.0 cm³/mol. The fourth-order valence-corrected chi connectivity index (χ4v) is 2.17. The zero-order valence-corrected chi connectivity index (χ0v) is 12.2. The minimum absolute atomic E-state index is 0.105. The van der Waals surface area contributed by atoms with Gasteiger partial charge in [0.2, 0.25) is 0 Å². The smallest absolute Gasteiger partial charge is 0.317 e. The molecule has 0 aliphatic carbocycles. The van der Waals surface area contributed by atoms with Crippen molar-refractivity contribution in [1.29, 1.82) is 0 Å². The first-order valence-electron chi connectivity index (χ1n) is 6.86. The standard InChI is InChI=1S/C16H19N3O2/c1-11-5-3-7-13(18-11)9-15(17-10-16(20)21)14-8-4-6-12(2)19-14/h3-8,15,17H,9-10H2,1-2H3,(H,20,21). The van der Waals surface area contributed by atoms with E-state index in [1.165, 1.54) is 0 Å². The van der Waals surface area contributed by atoms with Crippen LogP contribution in [0.5, 0.6) is 0 Å².